The second-order valence-corrected chi connectivity index (χ2v) is 7.11. The number of hydrogen-bond donors (Lipinski definition) is 1. The third kappa shape index (κ3) is 3.38. The predicted molar refractivity (Wildman–Crippen MR) is 75.5 cm³/mol. The van der Waals surface area contributed by atoms with Crippen LogP contribution in [0.5, 0.6) is 0 Å². The zero-order valence-electron chi connectivity index (χ0n) is 11.7. The zero-order valence-corrected chi connectivity index (χ0v) is 12.5. The Hall–Kier alpha value is -0.850. The summed E-state index contributed by atoms with van der Waals surface area (Å²) < 4.78 is 28.6. The van der Waals surface area contributed by atoms with Gasteiger partial charge in [-0.15, -0.1) is 0 Å². The van der Waals surface area contributed by atoms with E-state index in [0.29, 0.717) is 24.0 Å². The van der Waals surface area contributed by atoms with Crippen molar-refractivity contribution in [2.75, 3.05) is 19.6 Å². The number of nitrogens with one attached hydrogen (secondary N) is 1. The molecule has 1 saturated heterocycles. The van der Waals surface area contributed by atoms with E-state index in [1.807, 2.05) is 14.0 Å². The number of aromatic nitrogens is 1. The first-order chi connectivity index (χ1) is 9.04. The maximum atomic E-state index is 12.6. The van der Waals surface area contributed by atoms with Crippen molar-refractivity contribution in [2.45, 2.75) is 37.1 Å². The lowest BCUT2D eigenvalue weighted by atomic mass is 10.2. The molecule has 19 heavy (non-hydrogen) atoms. The average Bonchev–Trinajstić information content (AvgIpc) is 3.00. The molecule has 0 spiro atoms. The van der Waals surface area contributed by atoms with Crippen molar-refractivity contribution in [3.05, 3.63) is 18.5 Å². The van der Waals surface area contributed by atoms with Crippen LogP contribution in [0.3, 0.4) is 0 Å². The number of nitrogens with zero attached hydrogens (tertiary/aromatic N) is 2. The third-order valence-electron chi connectivity index (χ3n) is 3.50. The van der Waals surface area contributed by atoms with E-state index < -0.39 is 10.0 Å². The fourth-order valence-electron chi connectivity index (χ4n) is 2.50. The summed E-state index contributed by atoms with van der Waals surface area (Å²) in [4.78, 5) is 0.390. The highest BCUT2D eigenvalue weighted by Gasteiger charge is 2.28. The molecule has 2 rings (SSSR count). The van der Waals surface area contributed by atoms with E-state index in [0.717, 1.165) is 25.8 Å². The van der Waals surface area contributed by atoms with Gasteiger partial charge in [0.1, 0.15) is 0 Å². The Morgan fingerprint density at radius 3 is 2.84 bits per heavy atom. The van der Waals surface area contributed by atoms with Gasteiger partial charge < -0.3 is 9.88 Å². The molecule has 0 saturated carbocycles. The first-order valence-corrected chi connectivity index (χ1v) is 8.33. The Labute approximate surface area is 115 Å². The topological polar surface area (TPSA) is 54.3 Å². The van der Waals surface area contributed by atoms with Crippen molar-refractivity contribution in [1.82, 2.24) is 14.2 Å². The first kappa shape index (κ1) is 14.6. The van der Waals surface area contributed by atoms with Gasteiger partial charge in [0.05, 0.1) is 4.90 Å². The predicted octanol–water partition coefficient (Wildman–Crippen LogP) is 1.18. The number of rotatable bonds is 6. The quantitative estimate of drug-likeness (QED) is 0.854. The highest BCUT2D eigenvalue weighted by Crippen LogP contribution is 2.18. The Kier molecular flexibility index (Phi) is 4.65. The van der Waals surface area contributed by atoms with Gasteiger partial charge in [0.15, 0.2) is 0 Å². The van der Waals surface area contributed by atoms with Crippen LogP contribution in [0.4, 0.5) is 0 Å². The molecule has 1 aliphatic heterocycles. The van der Waals surface area contributed by atoms with E-state index in [4.69, 9.17) is 0 Å². The average molecular weight is 285 g/mol. The summed E-state index contributed by atoms with van der Waals surface area (Å²) in [5.41, 5.74) is 0. The lowest BCUT2D eigenvalue weighted by molar-refractivity contribution is 0.369. The Balaban J connectivity index is 2.16. The molecule has 1 aromatic rings. The lowest BCUT2D eigenvalue weighted by Crippen LogP contribution is -2.41. The van der Waals surface area contributed by atoms with Gasteiger partial charge in [-0.2, -0.15) is 4.31 Å². The second kappa shape index (κ2) is 6.07. The summed E-state index contributed by atoms with van der Waals surface area (Å²) in [5.74, 6) is 0. The Morgan fingerprint density at radius 1 is 1.53 bits per heavy atom. The van der Waals surface area contributed by atoms with E-state index in [-0.39, 0.29) is 0 Å². The molecule has 0 aliphatic carbocycles. The molecule has 1 aromatic heterocycles. The van der Waals surface area contributed by atoms with Gasteiger partial charge in [-0.3, -0.25) is 0 Å². The van der Waals surface area contributed by atoms with Crippen LogP contribution in [-0.4, -0.2) is 43.0 Å². The van der Waals surface area contributed by atoms with E-state index >= 15 is 0 Å². The third-order valence-corrected chi connectivity index (χ3v) is 5.35. The number of aryl methyl sites for hydroxylation is 1. The van der Waals surface area contributed by atoms with Crippen LogP contribution >= 0.6 is 0 Å². The maximum absolute atomic E-state index is 12.6. The minimum absolute atomic E-state index is 0.296. The molecule has 1 unspecified atom stereocenters. The van der Waals surface area contributed by atoms with Crippen molar-refractivity contribution >= 4 is 10.0 Å². The summed E-state index contributed by atoms with van der Waals surface area (Å²) in [5, 5.41) is 3.36. The highest BCUT2D eigenvalue weighted by molar-refractivity contribution is 7.89. The van der Waals surface area contributed by atoms with Crippen LogP contribution in [0.2, 0.25) is 0 Å². The Morgan fingerprint density at radius 2 is 2.32 bits per heavy atom. The molecule has 6 heteroatoms. The molecule has 0 aromatic carbocycles. The normalized spacial score (nSPS) is 20.3. The molecule has 1 atom stereocenters. The van der Waals surface area contributed by atoms with E-state index in [9.17, 15) is 8.42 Å². The molecule has 0 amide bonds. The van der Waals surface area contributed by atoms with E-state index in [1.165, 1.54) is 0 Å². The summed E-state index contributed by atoms with van der Waals surface area (Å²) in [6.07, 6.45) is 6.46. The molecule has 2 heterocycles. The highest BCUT2D eigenvalue weighted by atomic mass is 32.2. The van der Waals surface area contributed by atoms with Crippen molar-refractivity contribution < 1.29 is 8.42 Å². The van der Waals surface area contributed by atoms with Crippen molar-refractivity contribution in [1.29, 1.82) is 0 Å². The van der Waals surface area contributed by atoms with Crippen LogP contribution in [0, 0.1) is 0 Å². The van der Waals surface area contributed by atoms with Crippen LogP contribution in [0.15, 0.2) is 23.4 Å². The largest absolute Gasteiger partial charge is 0.356 e. The van der Waals surface area contributed by atoms with Gasteiger partial charge in [-0.05, 0) is 31.9 Å². The molecule has 5 nitrogen and oxygen atoms in total. The van der Waals surface area contributed by atoms with Crippen LogP contribution < -0.4 is 5.32 Å². The summed E-state index contributed by atoms with van der Waals surface area (Å²) >= 11 is 0. The molecular formula is C13H23N3O2S. The molecule has 108 valence electrons. The van der Waals surface area contributed by atoms with Gasteiger partial charge >= 0.3 is 0 Å². The zero-order chi connectivity index (χ0) is 13.9. The molecule has 1 aliphatic rings. The van der Waals surface area contributed by atoms with Crippen molar-refractivity contribution in [3.63, 3.8) is 0 Å². The van der Waals surface area contributed by atoms with Gasteiger partial charge in [0.25, 0.3) is 0 Å². The molecule has 0 bridgehead atoms. The molecule has 0 radical (unpaired) electrons. The minimum Gasteiger partial charge on any atom is -0.356 e. The fourth-order valence-corrected chi connectivity index (χ4v) is 4.13. The second-order valence-electron chi connectivity index (χ2n) is 5.17. The van der Waals surface area contributed by atoms with Crippen molar-refractivity contribution in [2.24, 2.45) is 7.05 Å². The van der Waals surface area contributed by atoms with Gasteiger partial charge in [0, 0.05) is 38.6 Å². The lowest BCUT2D eigenvalue weighted by Gasteiger charge is -2.24. The summed E-state index contributed by atoms with van der Waals surface area (Å²) in [6, 6.07) is 1.96. The summed E-state index contributed by atoms with van der Waals surface area (Å²) in [7, 11) is -1.52. The van der Waals surface area contributed by atoms with Gasteiger partial charge in [-0.25, -0.2) is 8.42 Å². The van der Waals surface area contributed by atoms with Gasteiger partial charge in [0.2, 0.25) is 10.0 Å². The SMILES string of the molecule is CCCN(CC1CCCN1)S(=O)(=O)c1ccn(C)c1. The first-order valence-electron chi connectivity index (χ1n) is 6.89. The van der Waals surface area contributed by atoms with E-state index in [2.05, 4.69) is 5.32 Å². The Bertz CT molecular complexity index is 504. The number of hydrogen-bond acceptors (Lipinski definition) is 3. The van der Waals surface area contributed by atoms with Crippen LogP contribution in [0.1, 0.15) is 26.2 Å². The molecule has 1 N–H and O–H groups in total. The monoisotopic (exact) mass is 285 g/mol. The minimum atomic E-state index is -3.36. The summed E-state index contributed by atoms with van der Waals surface area (Å²) in [6.45, 7) is 4.16. The fraction of sp³-hybridized carbons (Fsp3) is 0.692. The van der Waals surface area contributed by atoms with E-state index in [1.54, 1.807) is 27.3 Å². The van der Waals surface area contributed by atoms with Crippen LogP contribution in [0.25, 0.3) is 0 Å². The van der Waals surface area contributed by atoms with Gasteiger partial charge in [-0.1, -0.05) is 6.92 Å². The smallest absolute Gasteiger partial charge is 0.244 e. The van der Waals surface area contributed by atoms with Crippen molar-refractivity contribution in [3.8, 4) is 0 Å². The number of sulfonamides is 1. The standard InChI is InChI=1S/C13H23N3O2S/c1-3-8-16(10-12-5-4-7-14-12)19(17,18)13-6-9-15(2)11-13/h6,9,11-12,14H,3-5,7-8,10H2,1-2H3. The van der Waals surface area contributed by atoms with Crippen LogP contribution in [-0.2, 0) is 17.1 Å². The molecule has 1 fully saturated rings. The maximum Gasteiger partial charge on any atom is 0.244 e. The molecular weight excluding hydrogens is 262 g/mol.